The van der Waals surface area contributed by atoms with Crippen molar-refractivity contribution in [1.82, 2.24) is 0 Å². The summed E-state index contributed by atoms with van der Waals surface area (Å²) in [6.07, 6.45) is 3.70. The molecule has 34 valence electrons. The molecular weight excluding hydrogens is 76.1 g/mol. The van der Waals surface area contributed by atoms with Crippen molar-refractivity contribution < 1.29 is 0 Å². The number of nitrogens with one attached hydrogen (secondary N) is 1. The van der Waals surface area contributed by atoms with Crippen LogP contribution in [0.4, 0.5) is 0 Å². The van der Waals surface area contributed by atoms with Crippen molar-refractivity contribution in [2.45, 2.75) is 6.92 Å². The SMILES string of the molecule is C/C=C\CN=N. The topological polar surface area (TPSA) is 36.2 Å². The van der Waals surface area contributed by atoms with Crippen molar-refractivity contribution in [3.8, 4) is 0 Å². The van der Waals surface area contributed by atoms with Gasteiger partial charge in [0.1, 0.15) is 0 Å². The highest BCUT2D eigenvalue weighted by Crippen LogP contribution is 1.69. The second-order valence-corrected chi connectivity index (χ2v) is 0.910. The average molecular weight is 84.1 g/mol. The van der Waals surface area contributed by atoms with Crippen LogP contribution in [0.3, 0.4) is 0 Å². The van der Waals surface area contributed by atoms with Gasteiger partial charge in [-0.25, -0.2) is 5.53 Å². The molecule has 0 aliphatic rings. The largest absolute Gasteiger partial charge is 0.210 e. The van der Waals surface area contributed by atoms with Gasteiger partial charge in [0, 0.05) is 0 Å². The van der Waals surface area contributed by atoms with E-state index in [1.54, 1.807) is 0 Å². The third-order valence-corrected chi connectivity index (χ3v) is 0.432. The van der Waals surface area contributed by atoms with Gasteiger partial charge in [0.15, 0.2) is 0 Å². The van der Waals surface area contributed by atoms with E-state index in [4.69, 9.17) is 5.53 Å². The van der Waals surface area contributed by atoms with Crippen LogP contribution in [0.15, 0.2) is 17.3 Å². The van der Waals surface area contributed by atoms with Gasteiger partial charge in [-0.1, -0.05) is 12.2 Å². The molecule has 0 aromatic carbocycles. The second kappa shape index (κ2) is 4.34. The molecule has 0 spiro atoms. The van der Waals surface area contributed by atoms with Gasteiger partial charge in [0.25, 0.3) is 0 Å². The normalized spacial score (nSPS) is 9.50. The van der Waals surface area contributed by atoms with Crippen molar-refractivity contribution >= 4 is 0 Å². The first-order chi connectivity index (χ1) is 2.91. The number of allylic oxidation sites excluding steroid dienone is 1. The number of hydrogen-bond donors (Lipinski definition) is 1. The van der Waals surface area contributed by atoms with Gasteiger partial charge in [-0.05, 0) is 6.92 Å². The highest BCUT2D eigenvalue weighted by molar-refractivity contribution is 4.77. The van der Waals surface area contributed by atoms with Crippen LogP contribution in [0.2, 0.25) is 0 Å². The van der Waals surface area contributed by atoms with Crippen LogP contribution < -0.4 is 0 Å². The highest BCUT2D eigenvalue weighted by Gasteiger charge is 1.59. The second-order valence-electron chi connectivity index (χ2n) is 0.910. The summed E-state index contributed by atoms with van der Waals surface area (Å²) < 4.78 is 0. The minimum Gasteiger partial charge on any atom is -0.210 e. The predicted octanol–water partition coefficient (Wildman–Crippen LogP) is 1.59. The summed E-state index contributed by atoms with van der Waals surface area (Å²) >= 11 is 0. The van der Waals surface area contributed by atoms with Crippen LogP contribution in [0.1, 0.15) is 6.92 Å². The first-order valence-corrected chi connectivity index (χ1v) is 1.86. The molecule has 0 bridgehead atoms. The molecule has 0 saturated heterocycles. The summed E-state index contributed by atoms with van der Waals surface area (Å²) in [4.78, 5) is 0. The molecule has 0 rings (SSSR count). The third kappa shape index (κ3) is 3.34. The smallest absolute Gasteiger partial charge is 0.0777 e. The third-order valence-electron chi connectivity index (χ3n) is 0.432. The molecule has 0 saturated carbocycles. The van der Waals surface area contributed by atoms with Gasteiger partial charge in [0.05, 0.1) is 6.54 Å². The average Bonchev–Trinajstić information content (AvgIpc) is 1.61. The molecule has 0 aromatic heterocycles. The van der Waals surface area contributed by atoms with Crippen LogP contribution in [-0.4, -0.2) is 6.54 Å². The van der Waals surface area contributed by atoms with Gasteiger partial charge in [0.2, 0.25) is 0 Å². The Labute approximate surface area is 37.4 Å². The molecule has 2 nitrogen and oxygen atoms in total. The minimum absolute atomic E-state index is 0.524. The first-order valence-electron chi connectivity index (χ1n) is 1.86. The Morgan fingerprint density at radius 2 is 2.50 bits per heavy atom. The van der Waals surface area contributed by atoms with Gasteiger partial charge >= 0.3 is 0 Å². The van der Waals surface area contributed by atoms with E-state index in [0.29, 0.717) is 6.54 Å². The molecule has 0 atom stereocenters. The van der Waals surface area contributed by atoms with E-state index in [9.17, 15) is 0 Å². The quantitative estimate of drug-likeness (QED) is 0.389. The zero-order valence-corrected chi connectivity index (χ0v) is 3.81. The maximum atomic E-state index is 6.28. The summed E-state index contributed by atoms with van der Waals surface area (Å²) in [5.41, 5.74) is 6.28. The zero-order chi connectivity index (χ0) is 4.83. The fourth-order valence-electron chi connectivity index (χ4n) is 0.158. The number of nitrogens with zero attached hydrogens (tertiary/aromatic N) is 1. The number of rotatable bonds is 2. The van der Waals surface area contributed by atoms with Crippen molar-refractivity contribution in [2.24, 2.45) is 5.11 Å². The molecule has 0 radical (unpaired) electrons. The van der Waals surface area contributed by atoms with Crippen LogP contribution in [-0.2, 0) is 0 Å². The first kappa shape index (κ1) is 5.34. The Morgan fingerprint density at radius 1 is 1.83 bits per heavy atom. The minimum atomic E-state index is 0.524. The standard InChI is InChI=1S/C4H8N2/c1-2-3-4-6-5/h2-3,5H,4H2,1H3/b3-2-,6-5?. The molecule has 0 aliphatic heterocycles. The molecule has 6 heavy (non-hydrogen) atoms. The Hall–Kier alpha value is -0.660. The molecular formula is C4H8N2. The van der Waals surface area contributed by atoms with E-state index in [1.165, 1.54) is 0 Å². The van der Waals surface area contributed by atoms with Crippen molar-refractivity contribution in [3.63, 3.8) is 0 Å². The zero-order valence-electron chi connectivity index (χ0n) is 3.81. The van der Waals surface area contributed by atoms with Crippen molar-refractivity contribution in [3.05, 3.63) is 12.2 Å². The summed E-state index contributed by atoms with van der Waals surface area (Å²) in [5.74, 6) is 0. The maximum Gasteiger partial charge on any atom is 0.0777 e. The Balaban J connectivity index is 2.85. The fourth-order valence-corrected chi connectivity index (χ4v) is 0.158. The van der Waals surface area contributed by atoms with Gasteiger partial charge in [-0.2, -0.15) is 5.11 Å². The van der Waals surface area contributed by atoms with E-state index in [2.05, 4.69) is 5.11 Å². The van der Waals surface area contributed by atoms with Crippen molar-refractivity contribution in [2.75, 3.05) is 6.54 Å². The molecule has 0 amide bonds. The van der Waals surface area contributed by atoms with Gasteiger partial charge in [-0.15, -0.1) is 0 Å². The van der Waals surface area contributed by atoms with E-state index in [-0.39, 0.29) is 0 Å². The molecule has 0 aliphatic carbocycles. The summed E-state index contributed by atoms with van der Waals surface area (Å²) in [5, 5.41) is 3.09. The molecule has 0 unspecified atom stereocenters. The highest BCUT2D eigenvalue weighted by atomic mass is 14.9. The lowest BCUT2D eigenvalue weighted by Crippen LogP contribution is -1.61. The summed E-state index contributed by atoms with van der Waals surface area (Å²) in [6, 6.07) is 0. The maximum absolute atomic E-state index is 6.28. The van der Waals surface area contributed by atoms with Crippen LogP contribution in [0.25, 0.3) is 0 Å². The molecule has 1 N–H and O–H groups in total. The Morgan fingerprint density at radius 3 is 2.67 bits per heavy atom. The fraction of sp³-hybridized carbons (Fsp3) is 0.500. The summed E-state index contributed by atoms with van der Waals surface area (Å²) in [7, 11) is 0. The number of hydrogen-bond acceptors (Lipinski definition) is 2. The lowest BCUT2D eigenvalue weighted by Gasteiger charge is -1.69. The van der Waals surface area contributed by atoms with Crippen LogP contribution >= 0.6 is 0 Å². The predicted molar refractivity (Wildman–Crippen MR) is 24.8 cm³/mol. The lowest BCUT2D eigenvalue weighted by molar-refractivity contribution is 1.00. The van der Waals surface area contributed by atoms with Crippen LogP contribution in [0.5, 0.6) is 0 Å². The molecule has 2 heteroatoms. The Bertz CT molecular complexity index is 56.6. The monoisotopic (exact) mass is 84.1 g/mol. The van der Waals surface area contributed by atoms with Gasteiger partial charge in [-0.3, -0.25) is 0 Å². The van der Waals surface area contributed by atoms with E-state index >= 15 is 0 Å². The summed E-state index contributed by atoms with van der Waals surface area (Å²) in [6.45, 7) is 2.43. The molecule has 0 heterocycles. The molecule has 0 fully saturated rings. The van der Waals surface area contributed by atoms with Crippen molar-refractivity contribution in [1.29, 1.82) is 5.53 Å². The van der Waals surface area contributed by atoms with E-state index in [0.717, 1.165) is 0 Å². The molecule has 0 aromatic rings. The van der Waals surface area contributed by atoms with E-state index < -0.39 is 0 Å². The van der Waals surface area contributed by atoms with Crippen LogP contribution in [0, 0.1) is 5.53 Å². The lowest BCUT2D eigenvalue weighted by atomic mass is 10.5. The van der Waals surface area contributed by atoms with Gasteiger partial charge < -0.3 is 0 Å². The Kier molecular flexibility index (Phi) is 3.86. The van der Waals surface area contributed by atoms with E-state index in [1.807, 2.05) is 19.1 Å².